The average Bonchev–Trinajstić information content (AvgIpc) is 3.41. The van der Waals surface area contributed by atoms with E-state index in [4.69, 9.17) is 33.2 Å². The van der Waals surface area contributed by atoms with E-state index in [1.165, 1.54) is 14.2 Å². The van der Waals surface area contributed by atoms with Crippen LogP contribution in [0, 0.1) is 0 Å². The first-order valence-electron chi connectivity index (χ1n) is 8.70. The maximum Gasteiger partial charge on any atom is 0.231 e. The molecule has 0 N–H and O–H groups in total. The van der Waals surface area contributed by atoms with Crippen LogP contribution in [0.25, 0.3) is 0 Å². The lowest BCUT2D eigenvalue weighted by Crippen LogP contribution is -2.12. The summed E-state index contributed by atoms with van der Waals surface area (Å²) in [5.41, 5.74) is 1.09. The largest absolute Gasteiger partial charge is 0.493 e. The van der Waals surface area contributed by atoms with Gasteiger partial charge >= 0.3 is 0 Å². The lowest BCUT2D eigenvalue weighted by atomic mass is 10.0. The molecule has 0 saturated carbocycles. The third-order valence-electron chi connectivity index (χ3n) is 4.81. The third-order valence-corrected chi connectivity index (χ3v) is 5.57. The summed E-state index contributed by atoms with van der Waals surface area (Å²) in [7, 11) is 6.07. The number of Topliss-reactive ketones (excluding diaryl/α,β-unsaturated/α-hetero) is 1. The Balaban J connectivity index is 1.69. The number of halogens is 1. The lowest BCUT2D eigenvalue weighted by Gasteiger charge is -2.15. The van der Waals surface area contributed by atoms with E-state index < -0.39 is 12.2 Å². The predicted molar refractivity (Wildman–Crippen MR) is 105 cm³/mol. The second-order valence-corrected chi connectivity index (χ2v) is 7.07. The van der Waals surface area contributed by atoms with Crippen LogP contribution in [-0.2, 0) is 4.74 Å². The highest BCUT2D eigenvalue weighted by Gasteiger charge is 2.49. The van der Waals surface area contributed by atoms with Crippen LogP contribution in [0.3, 0.4) is 0 Å². The van der Waals surface area contributed by atoms with E-state index >= 15 is 0 Å². The summed E-state index contributed by atoms with van der Waals surface area (Å²) in [4.78, 5) is 13.3. The number of benzene rings is 2. The van der Waals surface area contributed by atoms with Gasteiger partial charge in [0.2, 0.25) is 18.3 Å². The van der Waals surface area contributed by atoms with E-state index in [0.717, 1.165) is 5.56 Å². The van der Waals surface area contributed by atoms with Crippen molar-refractivity contribution in [1.29, 1.82) is 0 Å². The van der Waals surface area contributed by atoms with Gasteiger partial charge in [-0.3, -0.25) is 4.79 Å². The van der Waals surface area contributed by atoms with Crippen molar-refractivity contribution in [3.8, 4) is 34.5 Å². The molecule has 0 amide bonds. The summed E-state index contributed by atoms with van der Waals surface area (Å²) < 4.78 is 38.6. The molecule has 2 heterocycles. The van der Waals surface area contributed by atoms with Crippen molar-refractivity contribution in [1.82, 2.24) is 0 Å². The molecule has 0 aliphatic carbocycles. The minimum Gasteiger partial charge on any atom is -0.493 e. The van der Waals surface area contributed by atoms with E-state index in [9.17, 15) is 4.79 Å². The number of rotatable bonds is 7. The Morgan fingerprint density at radius 2 is 1.62 bits per heavy atom. The average molecular weight is 467 g/mol. The van der Waals surface area contributed by atoms with Crippen LogP contribution in [0.15, 0.2) is 22.7 Å². The Morgan fingerprint density at radius 1 is 0.966 bits per heavy atom. The Hall–Kier alpha value is -2.65. The standard InChI is InChI=1S/C20H19BrO8/c1-23-10-6-5-9(7-11(10)24-2)15-18(29-15)14(22)12-13(21)17(26-4)20-19(16(12)25-3)27-8-28-20/h5-7,15,18H,8H2,1-4H3. The molecule has 1 fully saturated rings. The van der Waals surface area contributed by atoms with Gasteiger partial charge < -0.3 is 33.2 Å². The SMILES string of the molecule is COc1ccc(C2OC2C(=O)c2c(Br)c(OC)c3c(c2OC)OCO3)cc1OC. The van der Waals surface area contributed by atoms with Crippen molar-refractivity contribution in [2.24, 2.45) is 0 Å². The number of hydrogen-bond acceptors (Lipinski definition) is 8. The molecule has 2 aromatic rings. The first-order valence-corrected chi connectivity index (χ1v) is 9.49. The zero-order valence-electron chi connectivity index (χ0n) is 16.2. The normalized spacial score (nSPS) is 18.9. The first kappa shape index (κ1) is 19.7. The minimum atomic E-state index is -0.677. The maximum absolute atomic E-state index is 13.3. The molecule has 8 nitrogen and oxygen atoms in total. The molecule has 2 atom stereocenters. The summed E-state index contributed by atoms with van der Waals surface area (Å²) >= 11 is 3.45. The van der Waals surface area contributed by atoms with Crippen molar-refractivity contribution in [2.75, 3.05) is 35.2 Å². The first-order chi connectivity index (χ1) is 14.0. The summed E-state index contributed by atoms with van der Waals surface area (Å²) in [6.45, 7) is 0.0142. The fourth-order valence-electron chi connectivity index (χ4n) is 3.38. The molecule has 2 aliphatic rings. The van der Waals surface area contributed by atoms with E-state index in [1.54, 1.807) is 26.4 Å². The van der Waals surface area contributed by atoms with Gasteiger partial charge in [0, 0.05) is 0 Å². The van der Waals surface area contributed by atoms with Crippen molar-refractivity contribution in [2.45, 2.75) is 12.2 Å². The van der Waals surface area contributed by atoms with Gasteiger partial charge in [-0.2, -0.15) is 0 Å². The van der Waals surface area contributed by atoms with Crippen LogP contribution in [-0.4, -0.2) is 47.1 Å². The molecular formula is C20H19BrO8. The van der Waals surface area contributed by atoms with Crippen molar-refractivity contribution >= 4 is 21.7 Å². The van der Waals surface area contributed by atoms with E-state index in [-0.39, 0.29) is 23.9 Å². The monoisotopic (exact) mass is 466 g/mol. The topological polar surface area (TPSA) is 85.0 Å². The highest BCUT2D eigenvalue weighted by molar-refractivity contribution is 9.10. The van der Waals surface area contributed by atoms with Crippen molar-refractivity contribution in [3.05, 3.63) is 33.8 Å². The molecule has 29 heavy (non-hydrogen) atoms. The second-order valence-electron chi connectivity index (χ2n) is 6.28. The highest BCUT2D eigenvalue weighted by Crippen LogP contribution is 2.55. The molecule has 0 aromatic heterocycles. The fraction of sp³-hybridized carbons (Fsp3) is 0.350. The Labute approximate surface area is 175 Å². The van der Waals surface area contributed by atoms with Gasteiger partial charge in [0.05, 0.1) is 38.5 Å². The number of fused-ring (bicyclic) bond motifs is 1. The number of ether oxygens (including phenoxy) is 7. The summed E-state index contributed by atoms with van der Waals surface area (Å²) in [6, 6.07) is 5.41. The lowest BCUT2D eigenvalue weighted by molar-refractivity contribution is 0.0948. The van der Waals surface area contributed by atoms with E-state index in [1.807, 2.05) is 6.07 Å². The van der Waals surface area contributed by atoms with E-state index in [0.29, 0.717) is 33.2 Å². The minimum absolute atomic E-state index is 0.0142. The van der Waals surface area contributed by atoms with Gasteiger partial charge in [-0.05, 0) is 33.6 Å². The van der Waals surface area contributed by atoms with Gasteiger partial charge in [0.15, 0.2) is 34.9 Å². The number of carbonyl (C=O) groups is 1. The molecule has 1 saturated heterocycles. The van der Waals surface area contributed by atoms with E-state index in [2.05, 4.69) is 15.9 Å². The molecule has 9 heteroatoms. The third kappa shape index (κ3) is 3.14. The molecule has 0 radical (unpaired) electrons. The smallest absolute Gasteiger partial charge is 0.231 e. The highest BCUT2D eigenvalue weighted by atomic mass is 79.9. The maximum atomic E-state index is 13.3. The zero-order valence-corrected chi connectivity index (χ0v) is 17.8. The van der Waals surface area contributed by atoms with Crippen molar-refractivity contribution < 1.29 is 38.0 Å². The van der Waals surface area contributed by atoms with Gasteiger partial charge in [-0.25, -0.2) is 0 Å². The Bertz CT molecular complexity index is 974. The predicted octanol–water partition coefficient (Wildman–Crippen LogP) is 3.54. The van der Waals surface area contributed by atoms with Gasteiger partial charge in [0.1, 0.15) is 6.10 Å². The second kappa shape index (κ2) is 7.64. The van der Waals surface area contributed by atoms with Gasteiger partial charge in [-0.15, -0.1) is 0 Å². The van der Waals surface area contributed by atoms with Gasteiger partial charge in [0.25, 0.3) is 0 Å². The fourth-order valence-corrected chi connectivity index (χ4v) is 4.09. The molecule has 2 aliphatic heterocycles. The summed E-state index contributed by atoms with van der Waals surface area (Å²) in [5, 5.41) is 0. The Morgan fingerprint density at radius 3 is 2.24 bits per heavy atom. The molecule has 2 unspecified atom stereocenters. The van der Waals surface area contributed by atoms with Crippen LogP contribution in [0.4, 0.5) is 0 Å². The van der Waals surface area contributed by atoms with Crippen molar-refractivity contribution in [3.63, 3.8) is 0 Å². The number of hydrogen-bond donors (Lipinski definition) is 0. The molecule has 4 rings (SSSR count). The summed E-state index contributed by atoms with van der Waals surface area (Å²) in [5.74, 6) is 2.27. The van der Waals surface area contributed by atoms with Crippen LogP contribution in [0.1, 0.15) is 22.0 Å². The molecular weight excluding hydrogens is 448 g/mol. The number of epoxide rings is 1. The summed E-state index contributed by atoms with van der Waals surface area (Å²) in [6.07, 6.45) is -1.08. The molecule has 2 aromatic carbocycles. The Kier molecular flexibility index (Phi) is 5.18. The van der Waals surface area contributed by atoms with Crippen LogP contribution in [0.5, 0.6) is 34.5 Å². The van der Waals surface area contributed by atoms with Crippen LogP contribution in [0.2, 0.25) is 0 Å². The zero-order chi connectivity index (χ0) is 20.7. The quantitative estimate of drug-likeness (QED) is 0.452. The number of methoxy groups -OCH3 is 4. The van der Waals surface area contributed by atoms with Crippen LogP contribution >= 0.6 is 15.9 Å². The van der Waals surface area contributed by atoms with Gasteiger partial charge in [-0.1, -0.05) is 6.07 Å². The molecule has 0 bridgehead atoms. The number of ketones is 1. The molecule has 0 spiro atoms. The number of carbonyl (C=O) groups excluding carboxylic acids is 1. The van der Waals surface area contributed by atoms with Crippen LogP contribution < -0.4 is 28.4 Å². The molecule has 154 valence electrons.